The lowest BCUT2D eigenvalue weighted by Gasteiger charge is -2.14. The first-order chi connectivity index (χ1) is 13.3. The third-order valence-electron chi connectivity index (χ3n) is 3.31. The monoisotopic (exact) mass is 654 g/mol. The number of hydrogen-bond acceptors (Lipinski definition) is 7. The molecule has 0 atom stereocenters. The fraction of sp³-hybridized carbons (Fsp3) is 0.125. The number of carbonyl (C=O) groups excluding carboxylic acids is 2. The van der Waals surface area contributed by atoms with Crippen LogP contribution in [0.4, 0.5) is 8.78 Å². The second-order valence-electron chi connectivity index (χ2n) is 5.36. The van der Waals surface area contributed by atoms with Gasteiger partial charge < -0.3 is 14.6 Å². The molecule has 0 aliphatic heterocycles. The number of halogens is 4. The molecule has 0 bridgehead atoms. The maximum atomic E-state index is 13.2. The molecule has 0 aliphatic carbocycles. The molecule has 13 heteroatoms. The number of aromatic hydroxyl groups is 1. The molecule has 2 N–H and O–H groups in total. The summed E-state index contributed by atoms with van der Waals surface area (Å²) in [6.45, 7) is -1.93. The van der Waals surface area contributed by atoms with Crippen molar-refractivity contribution in [1.82, 2.24) is 0 Å². The first-order valence-corrected chi connectivity index (χ1v) is 10.9. The molecule has 29 heavy (non-hydrogen) atoms. The van der Waals surface area contributed by atoms with Crippen molar-refractivity contribution in [3.63, 3.8) is 0 Å². The normalized spacial score (nSPS) is 11.8. The highest BCUT2D eigenvalue weighted by atomic mass is 127. The van der Waals surface area contributed by atoms with Gasteiger partial charge in [-0.3, -0.25) is 4.55 Å². The van der Waals surface area contributed by atoms with E-state index in [1.165, 1.54) is 30.3 Å². The number of phenolic OH excluding ortho intramolecular Hbond substituents is 1. The first kappa shape index (κ1) is 23.7. The molecule has 2 aromatic carbocycles. The van der Waals surface area contributed by atoms with Gasteiger partial charge in [-0.25, -0.2) is 9.59 Å². The van der Waals surface area contributed by atoms with Gasteiger partial charge in [0.2, 0.25) is 0 Å². The highest BCUT2D eigenvalue weighted by Gasteiger charge is 2.45. The first-order valence-electron chi connectivity index (χ1n) is 7.34. The number of alkyl halides is 2. The van der Waals surface area contributed by atoms with E-state index in [1.807, 2.05) is 0 Å². The van der Waals surface area contributed by atoms with Crippen LogP contribution in [-0.2, 0) is 14.9 Å². The summed E-state index contributed by atoms with van der Waals surface area (Å²) < 4.78 is 66.2. The summed E-state index contributed by atoms with van der Waals surface area (Å²) in [6, 6.07) is 7.73. The fourth-order valence-electron chi connectivity index (χ4n) is 1.87. The van der Waals surface area contributed by atoms with E-state index in [1.54, 1.807) is 45.2 Å². The van der Waals surface area contributed by atoms with Crippen molar-refractivity contribution in [3.05, 3.63) is 54.7 Å². The van der Waals surface area contributed by atoms with E-state index < -0.39 is 39.5 Å². The average Bonchev–Trinajstić information content (AvgIpc) is 2.63. The van der Waals surface area contributed by atoms with Crippen molar-refractivity contribution >= 4 is 67.2 Å². The van der Waals surface area contributed by atoms with Gasteiger partial charge in [-0.2, -0.15) is 17.2 Å². The van der Waals surface area contributed by atoms with Crippen LogP contribution in [0.3, 0.4) is 0 Å². The summed E-state index contributed by atoms with van der Waals surface area (Å²) in [7, 11) is -5.77. The Bertz CT molecular complexity index is 1050. The Balaban J connectivity index is 2.22. The lowest BCUT2D eigenvalue weighted by Crippen LogP contribution is -2.34. The lowest BCUT2D eigenvalue weighted by atomic mass is 10.2. The van der Waals surface area contributed by atoms with Gasteiger partial charge in [-0.15, -0.1) is 0 Å². The number of ether oxygens (including phenoxy) is 2. The zero-order valence-electron chi connectivity index (χ0n) is 13.9. The van der Waals surface area contributed by atoms with Crippen molar-refractivity contribution in [2.45, 2.75) is 5.25 Å². The van der Waals surface area contributed by atoms with Crippen LogP contribution in [0.1, 0.15) is 20.7 Å². The fourth-order valence-corrected chi connectivity index (χ4v) is 3.84. The van der Waals surface area contributed by atoms with Gasteiger partial charge in [0.25, 0.3) is 0 Å². The molecule has 0 fully saturated rings. The van der Waals surface area contributed by atoms with Crippen LogP contribution in [0.2, 0.25) is 0 Å². The zero-order chi connectivity index (χ0) is 22.0. The van der Waals surface area contributed by atoms with Crippen molar-refractivity contribution in [2.75, 3.05) is 6.61 Å². The molecular weight excluding hydrogens is 644 g/mol. The van der Waals surface area contributed by atoms with E-state index in [0.717, 1.165) is 6.07 Å². The third-order valence-corrected chi connectivity index (χ3v) is 5.83. The summed E-state index contributed by atoms with van der Waals surface area (Å²) in [5, 5.41) is 5.05. The van der Waals surface area contributed by atoms with Crippen LogP contribution in [0.5, 0.6) is 11.5 Å². The molecule has 156 valence electrons. The number of benzene rings is 2. The van der Waals surface area contributed by atoms with Crippen molar-refractivity contribution in [1.29, 1.82) is 0 Å². The summed E-state index contributed by atoms with van der Waals surface area (Å²) >= 11 is 3.61. The molecular formula is C16H10F2I2O8S. The van der Waals surface area contributed by atoms with Gasteiger partial charge in [0.15, 0.2) is 6.61 Å². The number of para-hydroxylation sites is 1. The Hall–Kier alpha value is -1.59. The molecule has 0 radical (unpaired) electrons. The van der Waals surface area contributed by atoms with Gasteiger partial charge >= 0.3 is 27.3 Å². The minimum Gasteiger partial charge on any atom is -0.506 e. The van der Waals surface area contributed by atoms with E-state index in [4.69, 9.17) is 9.29 Å². The number of rotatable bonds is 6. The Morgan fingerprint density at radius 2 is 1.62 bits per heavy atom. The molecule has 0 saturated heterocycles. The maximum Gasteiger partial charge on any atom is 0.402 e. The smallest absolute Gasteiger partial charge is 0.402 e. The van der Waals surface area contributed by atoms with E-state index in [9.17, 15) is 31.9 Å². The number of phenols is 1. The minimum absolute atomic E-state index is 0.0218. The van der Waals surface area contributed by atoms with Crippen LogP contribution in [-0.4, -0.2) is 41.9 Å². The predicted octanol–water partition coefficient (Wildman–Crippen LogP) is 3.46. The van der Waals surface area contributed by atoms with E-state index in [-0.39, 0.29) is 17.1 Å². The number of hydrogen-bond donors (Lipinski definition) is 2. The van der Waals surface area contributed by atoms with E-state index >= 15 is 0 Å². The Kier molecular flexibility index (Phi) is 7.39. The summed E-state index contributed by atoms with van der Waals surface area (Å²) in [6.07, 6.45) is 0. The molecule has 0 amide bonds. The molecule has 0 aromatic heterocycles. The molecule has 0 spiro atoms. The third kappa shape index (κ3) is 5.73. The molecule has 0 aliphatic rings. The second-order valence-corrected chi connectivity index (χ2v) is 9.23. The second kappa shape index (κ2) is 9.05. The van der Waals surface area contributed by atoms with E-state index in [2.05, 4.69) is 4.74 Å². The van der Waals surface area contributed by atoms with Gasteiger partial charge in [-0.05, 0) is 69.4 Å². The SMILES string of the molecule is O=C(Oc1ccccc1C(=O)OCC(F)(F)S(=O)(=O)O)c1cc(I)c(O)c(I)c1. The quantitative estimate of drug-likeness (QED) is 0.210. The predicted molar refractivity (Wildman–Crippen MR) is 112 cm³/mol. The van der Waals surface area contributed by atoms with Gasteiger partial charge in [0, 0.05) is 0 Å². The number of esters is 2. The van der Waals surface area contributed by atoms with Crippen LogP contribution in [0.25, 0.3) is 0 Å². The van der Waals surface area contributed by atoms with Gasteiger partial charge in [-0.1, -0.05) is 12.1 Å². The van der Waals surface area contributed by atoms with Crippen LogP contribution in [0, 0.1) is 7.14 Å². The van der Waals surface area contributed by atoms with Crippen LogP contribution >= 0.6 is 45.2 Å². The molecule has 0 saturated carbocycles. The summed E-state index contributed by atoms with van der Waals surface area (Å²) in [5.74, 6) is -2.64. The lowest BCUT2D eigenvalue weighted by molar-refractivity contribution is -0.00967. The summed E-state index contributed by atoms with van der Waals surface area (Å²) in [5.41, 5.74) is -0.368. The molecule has 2 rings (SSSR count). The molecule has 0 heterocycles. The standard InChI is InChI=1S/C16H10F2I2O8S/c17-16(18,29(24,25)26)7-27-15(23)9-3-1-2-4-12(9)28-14(22)8-5-10(19)13(21)11(20)6-8/h1-6,21H,7H2,(H,24,25,26). The topological polar surface area (TPSA) is 127 Å². The van der Waals surface area contributed by atoms with Crippen molar-refractivity contribution in [3.8, 4) is 11.5 Å². The minimum atomic E-state index is -5.77. The molecule has 0 unspecified atom stereocenters. The average molecular weight is 654 g/mol. The van der Waals surface area contributed by atoms with Crippen molar-refractivity contribution in [2.24, 2.45) is 0 Å². The zero-order valence-corrected chi connectivity index (χ0v) is 19.1. The molecule has 8 nitrogen and oxygen atoms in total. The highest BCUT2D eigenvalue weighted by molar-refractivity contribution is 14.1. The number of carbonyl (C=O) groups is 2. The summed E-state index contributed by atoms with van der Waals surface area (Å²) in [4.78, 5) is 24.4. The maximum absolute atomic E-state index is 13.2. The molecule has 2 aromatic rings. The Labute approximate surface area is 190 Å². The largest absolute Gasteiger partial charge is 0.506 e. The van der Waals surface area contributed by atoms with Gasteiger partial charge in [0.05, 0.1) is 12.7 Å². The Morgan fingerprint density at radius 1 is 1.07 bits per heavy atom. The van der Waals surface area contributed by atoms with Crippen LogP contribution in [0.15, 0.2) is 36.4 Å². The Morgan fingerprint density at radius 3 is 2.17 bits per heavy atom. The van der Waals surface area contributed by atoms with Crippen molar-refractivity contribution < 1.29 is 45.9 Å². The highest BCUT2D eigenvalue weighted by Crippen LogP contribution is 2.29. The van der Waals surface area contributed by atoms with Gasteiger partial charge in [0.1, 0.15) is 17.1 Å². The van der Waals surface area contributed by atoms with Crippen LogP contribution < -0.4 is 4.74 Å². The van der Waals surface area contributed by atoms with E-state index in [0.29, 0.717) is 7.14 Å².